The first-order chi connectivity index (χ1) is 11.4. The van der Waals surface area contributed by atoms with Crippen LogP contribution in [-0.2, 0) is 4.79 Å². The molecule has 6 nitrogen and oxygen atoms in total. The fourth-order valence-electron chi connectivity index (χ4n) is 2.64. The molecule has 0 aliphatic rings. The number of hydrogen-bond acceptors (Lipinski definition) is 4. The van der Waals surface area contributed by atoms with Crippen LogP contribution < -0.4 is 16.6 Å². The summed E-state index contributed by atoms with van der Waals surface area (Å²) in [7, 11) is 0. The zero-order valence-corrected chi connectivity index (χ0v) is 15.6. The van der Waals surface area contributed by atoms with Crippen LogP contribution in [0.2, 0.25) is 0 Å². The normalized spacial score (nSPS) is 10.9. The van der Waals surface area contributed by atoms with E-state index in [1.165, 1.54) is 6.07 Å². The molecular weight excluding hydrogens is 340 g/mol. The van der Waals surface area contributed by atoms with E-state index in [1.54, 1.807) is 19.1 Å². The molecule has 0 bridgehead atoms. The second-order valence-corrected chi connectivity index (χ2v) is 5.96. The first kappa shape index (κ1) is 20.9. The van der Waals surface area contributed by atoms with Gasteiger partial charge >= 0.3 is 0 Å². The SMILES string of the molecule is CCC(CC)(CN)C(=O)Nc1ccc(-c2nc(C)cc(=O)[nH]2)cc1.Cl. The van der Waals surface area contributed by atoms with Crippen molar-refractivity contribution in [3.63, 3.8) is 0 Å². The molecule has 1 aromatic heterocycles. The fourth-order valence-corrected chi connectivity index (χ4v) is 2.64. The Bertz CT molecular complexity index is 759. The van der Waals surface area contributed by atoms with Crippen LogP contribution in [0.1, 0.15) is 32.4 Å². The molecule has 25 heavy (non-hydrogen) atoms. The summed E-state index contributed by atoms with van der Waals surface area (Å²) in [6.45, 7) is 6.03. The lowest BCUT2D eigenvalue weighted by atomic mass is 9.81. The van der Waals surface area contributed by atoms with Gasteiger partial charge in [-0.3, -0.25) is 9.59 Å². The monoisotopic (exact) mass is 364 g/mol. The van der Waals surface area contributed by atoms with Crippen molar-refractivity contribution in [1.29, 1.82) is 0 Å². The summed E-state index contributed by atoms with van der Waals surface area (Å²) in [6, 6.07) is 8.66. The van der Waals surface area contributed by atoms with Gasteiger partial charge in [0.05, 0.1) is 5.41 Å². The number of halogens is 1. The van der Waals surface area contributed by atoms with E-state index in [0.717, 1.165) is 5.56 Å². The molecule has 0 atom stereocenters. The van der Waals surface area contributed by atoms with Gasteiger partial charge in [0, 0.05) is 29.6 Å². The lowest BCUT2D eigenvalue weighted by Gasteiger charge is -2.28. The van der Waals surface area contributed by atoms with Crippen molar-refractivity contribution in [1.82, 2.24) is 9.97 Å². The highest BCUT2D eigenvalue weighted by Gasteiger charge is 2.33. The van der Waals surface area contributed by atoms with Gasteiger partial charge in [-0.15, -0.1) is 12.4 Å². The number of nitrogens with one attached hydrogen (secondary N) is 2. The van der Waals surface area contributed by atoms with Gasteiger partial charge in [0.1, 0.15) is 5.82 Å². The first-order valence-electron chi connectivity index (χ1n) is 8.14. The molecule has 0 spiro atoms. The highest BCUT2D eigenvalue weighted by atomic mass is 35.5. The zero-order chi connectivity index (χ0) is 17.7. The van der Waals surface area contributed by atoms with Gasteiger partial charge in [0.15, 0.2) is 0 Å². The van der Waals surface area contributed by atoms with Crippen LogP contribution in [0.3, 0.4) is 0 Å². The summed E-state index contributed by atoms with van der Waals surface area (Å²) in [4.78, 5) is 31.1. The van der Waals surface area contributed by atoms with E-state index in [9.17, 15) is 9.59 Å². The van der Waals surface area contributed by atoms with Gasteiger partial charge in [-0.2, -0.15) is 0 Å². The number of amides is 1. The van der Waals surface area contributed by atoms with E-state index in [-0.39, 0.29) is 23.9 Å². The van der Waals surface area contributed by atoms with Crippen molar-refractivity contribution in [2.24, 2.45) is 11.1 Å². The van der Waals surface area contributed by atoms with Gasteiger partial charge in [-0.1, -0.05) is 13.8 Å². The Kier molecular flexibility index (Phi) is 7.33. The highest BCUT2D eigenvalue weighted by Crippen LogP contribution is 2.27. The van der Waals surface area contributed by atoms with Crippen LogP contribution >= 0.6 is 12.4 Å². The van der Waals surface area contributed by atoms with Crippen LogP contribution in [0.5, 0.6) is 0 Å². The molecule has 0 saturated carbocycles. The van der Waals surface area contributed by atoms with E-state index >= 15 is 0 Å². The molecule has 1 amide bonds. The minimum absolute atomic E-state index is 0. The maximum Gasteiger partial charge on any atom is 0.251 e. The maximum absolute atomic E-state index is 12.5. The predicted molar refractivity (Wildman–Crippen MR) is 103 cm³/mol. The molecule has 1 aromatic carbocycles. The number of carbonyl (C=O) groups is 1. The number of hydrogen-bond donors (Lipinski definition) is 3. The minimum Gasteiger partial charge on any atom is -0.329 e. The fraction of sp³-hybridized carbons (Fsp3) is 0.389. The number of nitrogens with zero attached hydrogens (tertiary/aromatic N) is 1. The number of rotatable bonds is 6. The largest absolute Gasteiger partial charge is 0.329 e. The standard InChI is InChI=1S/C18H24N4O2.ClH/c1-4-18(5-2,11-19)17(24)21-14-8-6-13(7-9-14)16-20-12(3)10-15(23)22-16;/h6-10H,4-5,11,19H2,1-3H3,(H,21,24)(H,20,22,23);1H. The molecule has 0 aliphatic heterocycles. The molecule has 2 aromatic rings. The Morgan fingerprint density at radius 2 is 1.84 bits per heavy atom. The van der Waals surface area contributed by atoms with Gasteiger partial charge in [0.2, 0.25) is 5.91 Å². The Balaban J connectivity index is 0.00000312. The van der Waals surface area contributed by atoms with E-state index in [0.29, 0.717) is 36.6 Å². The number of H-pyrrole nitrogens is 1. The molecule has 0 unspecified atom stereocenters. The Morgan fingerprint density at radius 1 is 1.24 bits per heavy atom. The quantitative estimate of drug-likeness (QED) is 0.733. The number of anilines is 1. The number of nitrogens with two attached hydrogens (primary N) is 1. The molecule has 2 rings (SSSR count). The smallest absolute Gasteiger partial charge is 0.251 e. The van der Waals surface area contributed by atoms with Crippen molar-refractivity contribution in [3.05, 3.63) is 46.4 Å². The molecular formula is C18H25ClN4O2. The molecule has 0 fully saturated rings. The van der Waals surface area contributed by atoms with Crippen molar-refractivity contribution >= 4 is 24.0 Å². The summed E-state index contributed by atoms with van der Waals surface area (Å²) in [6.07, 6.45) is 1.39. The average molecular weight is 365 g/mol. The molecule has 7 heteroatoms. The molecule has 0 radical (unpaired) electrons. The number of benzene rings is 1. The van der Waals surface area contributed by atoms with Crippen molar-refractivity contribution in [2.45, 2.75) is 33.6 Å². The Morgan fingerprint density at radius 3 is 2.32 bits per heavy atom. The topological polar surface area (TPSA) is 101 Å². The third-order valence-electron chi connectivity index (χ3n) is 4.51. The zero-order valence-electron chi connectivity index (χ0n) is 14.8. The van der Waals surface area contributed by atoms with Crippen molar-refractivity contribution in [3.8, 4) is 11.4 Å². The lowest BCUT2D eigenvalue weighted by molar-refractivity contribution is -0.125. The van der Waals surface area contributed by atoms with E-state index in [1.807, 2.05) is 26.0 Å². The minimum atomic E-state index is -0.540. The number of aryl methyl sites for hydroxylation is 1. The van der Waals surface area contributed by atoms with Crippen LogP contribution in [0.25, 0.3) is 11.4 Å². The van der Waals surface area contributed by atoms with Gasteiger partial charge in [-0.05, 0) is 44.0 Å². The molecule has 4 N–H and O–H groups in total. The summed E-state index contributed by atoms with van der Waals surface area (Å²) < 4.78 is 0. The summed E-state index contributed by atoms with van der Waals surface area (Å²) in [5.41, 5.74) is 7.22. The van der Waals surface area contributed by atoms with Crippen molar-refractivity contribution in [2.75, 3.05) is 11.9 Å². The highest BCUT2D eigenvalue weighted by molar-refractivity contribution is 5.95. The van der Waals surface area contributed by atoms with Gasteiger partial charge in [0.25, 0.3) is 5.56 Å². The Hall–Kier alpha value is -2.18. The first-order valence-corrected chi connectivity index (χ1v) is 8.14. The maximum atomic E-state index is 12.5. The number of aromatic amines is 1. The third-order valence-corrected chi connectivity index (χ3v) is 4.51. The second-order valence-electron chi connectivity index (χ2n) is 5.96. The third kappa shape index (κ3) is 4.67. The summed E-state index contributed by atoms with van der Waals surface area (Å²) in [5, 5.41) is 2.93. The Labute approximate surface area is 153 Å². The second kappa shape index (κ2) is 8.78. The van der Waals surface area contributed by atoms with E-state index in [4.69, 9.17) is 5.73 Å². The number of carbonyl (C=O) groups excluding carboxylic acids is 1. The predicted octanol–water partition coefficient (Wildman–Crippen LogP) is 2.87. The van der Waals surface area contributed by atoms with Crippen LogP contribution in [-0.4, -0.2) is 22.4 Å². The van der Waals surface area contributed by atoms with Crippen molar-refractivity contribution < 1.29 is 4.79 Å². The van der Waals surface area contributed by atoms with E-state index in [2.05, 4.69) is 15.3 Å². The summed E-state index contributed by atoms with van der Waals surface area (Å²) in [5.74, 6) is 0.445. The van der Waals surface area contributed by atoms with Gasteiger partial charge in [-0.25, -0.2) is 4.98 Å². The van der Waals surface area contributed by atoms with Gasteiger partial charge < -0.3 is 16.0 Å². The average Bonchev–Trinajstić information content (AvgIpc) is 2.57. The van der Waals surface area contributed by atoms with Crippen LogP contribution in [0.4, 0.5) is 5.69 Å². The molecule has 0 saturated heterocycles. The van der Waals surface area contributed by atoms with Crippen LogP contribution in [0.15, 0.2) is 35.1 Å². The van der Waals surface area contributed by atoms with Crippen LogP contribution in [0, 0.1) is 12.3 Å². The lowest BCUT2D eigenvalue weighted by Crippen LogP contribution is -2.41. The molecule has 0 aliphatic carbocycles. The molecule has 136 valence electrons. The molecule has 1 heterocycles. The van der Waals surface area contributed by atoms with E-state index < -0.39 is 5.41 Å². The summed E-state index contributed by atoms with van der Waals surface area (Å²) >= 11 is 0. The number of aromatic nitrogens is 2.